The molecule has 2 fully saturated rings. The zero-order chi connectivity index (χ0) is 30.8. The minimum absolute atomic E-state index is 0.00879. The Morgan fingerprint density at radius 1 is 1.09 bits per heavy atom. The van der Waals surface area contributed by atoms with Gasteiger partial charge in [-0.2, -0.15) is 10.5 Å². The Morgan fingerprint density at radius 3 is 2.59 bits per heavy atom. The normalized spacial score (nSPS) is 19.3. The standard InChI is InChI=1S/C35H39N7O2/c1-4-32(43)42-20-19-41(22-26(42)11-15-36)34-28-14-18-40(31-10-6-9-25-8-5-7-24(2)33(25)31)23-30(28)38-35(29(34)21-37)44-27-12-16-39(3)17-13-27/h4-10,26-27H,1,11-14,16-20,22-23H2,2-3H3/t26-/m0/s1. The van der Waals surface area contributed by atoms with Crippen LogP contribution in [0, 0.1) is 29.6 Å². The number of hydrogen-bond acceptors (Lipinski definition) is 8. The SMILES string of the molecule is C=CC(=O)N1CCN(c2c(C#N)c(OC3CCN(C)CC3)nc3c2CCN(c2cccc4cccc(C)c24)C3)C[C@@H]1CC#N. The highest BCUT2D eigenvalue weighted by Gasteiger charge is 2.35. The summed E-state index contributed by atoms with van der Waals surface area (Å²) in [6.07, 6.45) is 3.99. The molecule has 0 aliphatic carbocycles. The molecule has 4 heterocycles. The molecule has 1 amide bonds. The van der Waals surface area contributed by atoms with Crippen molar-refractivity contribution < 1.29 is 9.53 Å². The molecule has 1 atom stereocenters. The molecule has 6 rings (SSSR count). The van der Waals surface area contributed by atoms with E-state index < -0.39 is 0 Å². The second kappa shape index (κ2) is 12.6. The first-order valence-corrected chi connectivity index (χ1v) is 15.5. The number of amides is 1. The lowest BCUT2D eigenvalue weighted by Gasteiger charge is -2.43. The molecule has 0 unspecified atom stereocenters. The van der Waals surface area contributed by atoms with E-state index in [9.17, 15) is 15.3 Å². The van der Waals surface area contributed by atoms with Crippen molar-refractivity contribution in [2.45, 2.75) is 51.3 Å². The average molecular weight is 590 g/mol. The molecule has 0 saturated carbocycles. The topological polar surface area (TPSA) is 99.7 Å². The van der Waals surface area contributed by atoms with Crippen molar-refractivity contribution in [3.63, 3.8) is 0 Å². The van der Waals surface area contributed by atoms with Crippen LogP contribution in [-0.4, -0.2) is 79.2 Å². The summed E-state index contributed by atoms with van der Waals surface area (Å²) in [5, 5.41) is 22.6. The summed E-state index contributed by atoms with van der Waals surface area (Å²) in [5.74, 6) is 0.225. The molecule has 44 heavy (non-hydrogen) atoms. The number of pyridine rings is 1. The van der Waals surface area contributed by atoms with Crippen LogP contribution in [-0.2, 0) is 17.8 Å². The number of ether oxygens (including phenoxy) is 1. The van der Waals surface area contributed by atoms with Gasteiger partial charge in [0.15, 0.2) is 0 Å². The van der Waals surface area contributed by atoms with Crippen molar-refractivity contribution in [3.8, 4) is 18.0 Å². The van der Waals surface area contributed by atoms with Gasteiger partial charge in [0.2, 0.25) is 11.8 Å². The number of hydrogen-bond donors (Lipinski definition) is 0. The van der Waals surface area contributed by atoms with Crippen molar-refractivity contribution in [2.24, 2.45) is 0 Å². The zero-order valence-electron chi connectivity index (χ0n) is 25.6. The first-order valence-electron chi connectivity index (χ1n) is 15.5. The number of nitriles is 2. The largest absolute Gasteiger partial charge is 0.473 e. The van der Waals surface area contributed by atoms with E-state index in [4.69, 9.17) is 9.72 Å². The van der Waals surface area contributed by atoms with Crippen molar-refractivity contribution in [1.82, 2.24) is 14.8 Å². The van der Waals surface area contributed by atoms with Crippen LogP contribution in [0.4, 0.5) is 11.4 Å². The van der Waals surface area contributed by atoms with E-state index in [0.29, 0.717) is 37.6 Å². The highest BCUT2D eigenvalue weighted by Crippen LogP contribution is 2.40. The predicted octanol–water partition coefficient (Wildman–Crippen LogP) is 4.57. The molecule has 1 aromatic heterocycles. The lowest BCUT2D eigenvalue weighted by molar-refractivity contribution is -0.128. The molecular formula is C35H39N7O2. The summed E-state index contributed by atoms with van der Waals surface area (Å²) in [6, 6.07) is 17.3. The number of anilines is 2. The summed E-state index contributed by atoms with van der Waals surface area (Å²) >= 11 is 0. The van der Waals surface area contributed by atoms with Gasteiger partial charge in [0.1, 0.15) is 17.7 Å². The molecule has 9 nitrogen and oxygen atoms in total. The summed E-state index contributed by atoms with van der Waals surface area (Å²) in [6.45, 7) is 10.5. The maximum atomic E-state index is 12.6. The Morgan fingerprint density at radius 2 is 1.86 bits per heavy atom. The lowest BCUT2D eigenvalue weighted by atomic mass is 9.95. The van der Waals surface area contributed by atoms with Gasteiger partial charge in [-0.05, 0) is 56.3 Å². The molecule has 3 aromatic rings. The number of piperidine rings is 1. The maximum absolute atomic E-state index is 12.6. The molecular weight excluding hydrogens is 550 g/mol. The fraction of sp³-hybridized carbons (Fsp3) is 0.429. The number of rotatable bonds is 6. The number of piperazine rings is 1. The number of carbonyl (C=O) groups excluding carboxylic acids is 1. The smallest absolute Gasteiger partial charge is 0.246 e. The van der Waals surface area contributed by atoms with Gasteiger partial charge in [-0.3, -0.25) is 4.79 Å². The van der Waals surface area contributed by atoms with Gasteiger partial charge in [0.05, 0.1) is 36.5 Å². The number of carbonyl (C=O) groups is 1. The van der Waals surface area contributed by atoms with E-state index in [-0.39, 0.29) is 24.5 Å². The van der Waals surface area contributed by atoms with E-state index in [1.807, 2.05) is 0 Å². The summed E-state index contributed by atoms with van der Waals surface area (Å²) < 4.78 is 6.57. The van der Waals surface area contributed by atoms with Crippen LogP contribution in [0.25, 0.3) is 10.8 Å². The molecule has 226 valence electrons. The van der Waals surface area contributed by atoms with Crippen molar-refractivity contribution in [2.75, 3.05) is 56.1 Å². The number of fused-ring (bicyclic) bond motifs is 2. The molecule has 0 bridgehead atoms. The fourth-order valence-corrected chi connectivity index (χ4v) is 7.05. The Kier molecular flexibility index (Phi) is 8.41. The first-order chi connectivity index (χ1) is 21.4. The van der Waals surface area contributed by atoms with Crippen LogP contribution in [0.2, 0.25) is 0 Å². The molecule has 0 N–H and O–H groups in total. The Hall–Kier alpha value is -4.60. The minimum atomic E-state index is -0.299. The van der Waals surface area contributed by atoms with Crippen molar-refractivity contribution in [3.05, 3.63) is 71.4 Å². The van der Waals surface area contributed by atoms with Crippen LogP contribution >= 0.6 is 0 Å². The van der Waals surface area contributed by atoms with E-state index in [1.54, 1.807) is 4.90 Å². The van der Waals surface area contributed by atoms with Crippen LogP contribution < -0.4 is 14.5 Å². The third-order valence-corrected chi connectivity index (χ3v) is 9.36. The van der Waals surface area contributed by atoms with Gasteiger partial charge in [0.25, 0.3) is 0 Å². The van der Waals surface area contributed by atoms with E-state index >= 15 is 0 Å². The number of likely N-dealkylation sites (tertiary alicyclic amines) is 1. The molecule has 9 heteroatoms. The summed E-state index contributed by atoms with van der Waals surface area (Å²) in [5.41, 5.74) is 5.70. The molecule has 3 aliphatic heterocycles. The summed E-state index contributed by atoms with van der Waals surface area (Å²) in [7, 11) is 2.12. The van der Waals surface area contributed by atoms with Crippen LogP contribution in [0.1, 0.15) is 41.6 Å². The summed E-state index contributed by atoms with van der Waals surface area (Å²) in [4.78, 5) is 26.3. The van der Waals surface area contributed by atoms with Gasteiger partial charge < -0.3 is 24.3 Å². The zero-order valence-corrected chi connectivity index (χ0v) is 25.6. The number of aryl methyl sites for hydroxylation is 1. The van der Waals surface area contributed by atoms with Gasteiger partial charge in [-0.25, -0.2) is 4.98 Å². The molecule has 2 aromatic carbocycles. The molecule has 3 aliphatic rings. The van der Waals surface area contributed by atoms with E-state index in [2.05, 4.69) is 83.8 Å². The highest BCUT2D eigenvalue weighted by atomic mass is 16.5. The molecule has 2 saturated heterocycles. The molecule has 0 spiro atoms. The Bertz CT molecular complexity index is 1660. The van der Waals surface area contributed by atoms with Crippen molar-refractivity contribution in [1.29, 1.82) is 10.5 Å². The first kappa shape index (κ1) is 29.5. The lowest BCUT2D eigenvalue weighted by Crippen LogP contribution is -2.55. The van der Waals surface area contributed by atoms with Crippen LogP contribution in [0.5, 0.6) is 5.88 Å². The highest BCUT2D eigenvalue weighted by molar-refractivity contribution is 5.97. The second-order valence-corrected chi connectivity index (χ2v) is 12.1. The Labute approximate surface area is 259 Å². The van der Waals surface area contributed by atoms with Gasteiger partial charge >= 0.3 is 0 Å². The van der Waals surface area contributed by atoms with Crippen molar-refractivity contribution >= 4 is 28.1 Å². The average Bonchev–Trinajstić information content (AvgIpc) is 3.04. The Balaban J connectivity index is 1.42. The van der Waals surface area contributed by atoms with E-state index in [0.717, 1.165) is 55.8 Å². The van der Waals surface area contributed by atoms with Gasteiger partial charge in [-0.15, -0.1) is 0 Å². The predicted molar refractivity (Wildman–Crippen MR) is 172 cm³/mol. The third kappa shape index (κ3) is 5.56. The quantitative estimate of drug-likeness (QED) is 0.386. The molecule has 0 radical (unpaired) electrons. The third-order valence-electron chi connectivity index (χ3n) is 9.36. The van der Waals surface area contributed by atoms with Gasteiger partial charge in [-0.1, -0.05) is 36.9 Å². The minimum Gasteiger partial charge on any atom is -0.473 e. The number of nitrogens with zero attached hydrogens (tertiary/aromatic N) is 7. The number of aromatic nitrogens is 1. The van der Waals surface area contributed by atoms with E-state index in [1.165, 1.54) is 28.1 Å². The fourth-order valence-electron chi connectivity index (χ4n) is 7.05. The van der Waals surface area contributed by atoms with Crippen LogP contribution in [0.3, 0.4) is 0 Å². The second-order valence-electron chi connectivity index (χ2n) is 12.1. The van der Waals surface area contributed by atoms with Gasteiger partial charge in [0, 0.05) is 55.9 Å². The van der Waals surface area contributed by atoms with Crippen LogP contribution in [0.15, 0.2) is 49.1 Å². The number of benzene rings is 2. The monoisotopic (exact) mass is 589 g/mol. The maximum Gasteiger partial charge on any atom is 0.246 e.